The predicted octanol–water partition coefficient (Wildman–Crippen LogP) is 2.58. The first-order valence-corrected chi connectivity index (χ1v) is 8.46. The van der Waals surface area contributed by atoms with Gasteiger partial charge in [0.15, 0.2) is 0 Å². The summed E-state index contributed by atoms with van der Waals surface area (Å²) < 4.78 is 10.7. The minimum absolute atomic E-state index is 0.135. The molecule has 2 aromatic rings. The summed E-state index contributed by atoms with van der Waals surface area (Å²) in [6, 6.07) is 13.8. The molecule has 0 bridgehead atoms. The molecule has 0 unspecified atom stereocenters. The number of hydrogen-bond acceptors (Lipinski definition) is 4. The van der Waals surface area contributed by atoms with E-state index in [1.165, 1.54) is 0 Å². The number of anilines is 1. The lowest BCUT2D eigenvalue weighted by Crippen LogP contribution is -2.57. The first kappa shape index (κ1) is 17.8. The molecular weight excluding hydrogens is 332 g/mol. The SMILES string of the molecule is COc1ccc(OC)c(N2CCN(C(=O)c3ccccc3)[C@H](C)C2=O)c1. The number of ether oxygens (including phenoxy) is 2. The van der Waals surface area contributed by atoms with Crippen LogP contribution in [0.25, 0.3) is 0 Å². The second-order valence-electron chi connectivity index (χ2n) is 6.07. The van der Waals surface area contributed by atoms with E-state index in [1.807, 2.05) is 18.2 Å². The fraction of sp³-hybridized carbons (Fsp3) is 0.300. The van der Waals surface area contributed by atoms with E-state index in [9.17, 15) is 9.59 Å². The molecule has 136 valence electrons. The molecular formula is C20H22N2O4. The van der Waals surface area contributed by atoms with E-state index in [0.29, 0.717) is 35.8 Å². The van der Waals surface area contributed by atoms with Crippen molar-refractivity contribution in [3.8, 4) is 11.5 Å². The Kier molecular flexibility index (Phi) is 5.11. The molecule has 6 heteroatoms. The van der Waals surface area contributed by atoms with Gasteiger partial charge >= 0.3 is 0 Å². The number of nitrogens with zero attached hydrogens (tertiary/aromatic N) is 2. The summed E-state index contributed by atoms with van der Waals surface area (Å²) in [7, 11) is 3.14. The van der Waals surface area contributed by atoms with Gasteiger partial charge in [0.05, 0.1) is 19.9 Å². The van der Waals surface area contributed by atoms with E-state index in [-0.39, 0.29) is 11.8 Å². The maximum absolute atomic E-state index is 13.0. The topological polar surface area (TPSA) is 59.1 Å². The number of methoxy groups -OCH3 is 2. The van der Waals surface area contributed by atoms with Gasteiger partial charge in [0.25, 0.3) is 5.91 Å². The van der Waals surface area contributed by atoms with Gasteiger partial charge in [0.2, 0.25) is 5.91 Å². The van der Waals surface area contributed by atoms with Crippen LogP contribution in [0, 0.1) is 0 Å². The number of carbonyl (C=O) groups excluding carboxylic acids is 2. The van der Waals surface area contributed by atoms with E-state index in [1.54, 1.807) is 61.3 Å². The highest BCUT2D eigenvalue weighted by Gasteiger charge is 2.36. The van der Waals surface area contributed by atoms with Gasteiger partial charge in [0.1, 0.15) is 17.5 Å². The second-order valence-corrected chi connectivity index (χ2v) is 6.07. The van der Waals surface area contributed by atoms with Crippen molar-refractivity contribution >= 4 is 17.5 Å². The van der Waals surface area contributed by atoms with Gasteiger partial charge in [-0.3, -0.25) is 9.59 Å². The molecule has 1 atom stereocenters. The quantitative estimate of drug-likeness (QED) is 0.847. The summed E-state index contributed by atoms with van der Waals surface area (Å²) in [4.78, 5) is 29.0. The van der Waals surface area contributed by atoms with Crippen LogP contribution < -0.4 is 14.4 Å². The van der Waals surface area contributed by atoms with Crippen LogP contribution in [0.1, 0.15) is 17.3 Å². The molecule has 0 aliphatic carbocycles. The van der Waals surface area contributed by atoms with Crippen molar-refractivity contribution < 1.29 is 19.1 Å². The van der Waals surface area contributed by atoms with Crippen molar-refractivity contribution in [2.45, 2.75) is 13.0 Å². The zero-order valence-corrected chi connectivity index (χ0v) is 15.1. The van der Waals surface area contributed by atoms with Crippen LogP contribution in [0.5, 0.6) is 11.5 Å². The Balaban J connectivity index is 1.86. The Morgan fingerprint density at radius 1 is 1.04 bits per heavy atom. The molecule has 1 heterocycles. The first-order valence-electron chi connectivity index (χ1n) is 8.46. The minimum Gasteiger partial charge on any atom is -0.497 e. The second kappa shape index (κ2) is 7.47. The Bertz CT molecular complexity index is 807. The average molecular weight is 354 g/mol. The van der Waals surface area contributed by atoms with Gasteiger partial charge in [-0.15, -0.1) is 0 Å². The molecule has 0 N–H and O–H groups in total. The van der Waals surface area contributed by atoms with Gasteiger partial charge in [-0.25, -0.2) is 0 Å². The number of rotatable bonds is 4. The van der Waals surface area contributed by atoms with Gasteiger partial charge in [-0.2, -0.15) is 0 Å². The number of carbonyl (C=O) groups is 2. The zero-order valence-electron chi connectivity index (χ0n) is 15.1. The largest absolute Gasteiger partial charge is 0.497 e. The molecule has 6 nitrogen and oxygen atoms in total. The van der Waals surface area contributed by atoms with Crippen molar-refractivity contribution in [3.05, 3.63) is 54.1 Å². The summed E-state index contributed by atoms with van der Waals surface area (Å²) in [6.07, 6.45) is 0. The van der Waals surface area contributed by atoms with Crippen molar-refractivity contribution in [3.63, 3.8) is 0 Å². The van der Waals surface area contributed by atoms with Crippen LogP contribution in [-0.2, 0) is 4.79 Å². The van der Waals surface area contributed by atoms with Gasteiger partial charge < -0.3 is 19.3 Å². The summed E-state index contributed by atoms with van der Waals surface area (Å²) >= 11 is 0. The summed E-state index contributed by atoms with van der Waals surface area (Å²) in [5, 5.41) is 0. The highest BCUT2D eigenvalue weighted by atomic mass is 16.5. The third-order valence-electron chi connectivity index (χ3n) is 4.61. The molecule has 0 aromatic heterocycles. The summed E-state index contributed by atoms with van der Waals surface area (Å²) in [6.45, 7) is 2.59. The Morgan fingerprint density at radius 2 is 1.77 bits per heavy atom. The van der Waals surface area contributed by atoms with Crippen LogP contribution in [0.2, 0.25) is 0 Å². The molecule has 1 saturated heterocycles. The smallest absolute Gasteiger partial charge is 0.254 e. The molecule has 26 heavy (non-hydrogen) atoms. The lowest BCUT2D eigenvalue weighted by Gasteiger charge is -2.39. The Hall–Kier alpha value is -3.02. The minimum atomic E-state index is -0.563. The fourth-order valence-electron chi connectivity index (χ4n) is 3.14. The maximum Gasteiger partial charge on any atom is 0.254 e. The van der Waals surface area contributed by atoms with Gasteiger partial charge in [0, 0.05) is 24.7 Å². The van der Waals surface area contributed by atoms with Crippen LogP contribution >= 0.6 is 0 Å². The van der Waals surface area contributed by atoms with Crippen LogP contribution in [0.4, 0.5) is 5.69 Å². The zero-order chi connectivity index (χ0) is 18.7. The maximum atomic E-state index is 13.0. The van der Waals surface area contributed by atoms with Crippen molar-refractivity contribution in [2.24, 2.45) is 0 Å². The Labute approximate surface area is 152 Å². The van der Waals surface area contributed by atoms with E-state index < -0.39 is 6.04 Å². The number of benzene rings is 2. The van der Waals surface area contributed by atoms with E-state index >= 15 is 0 Å². The number of piperazine rings is 1. The molecule has 1 aliphatic rings. The van der Waals surface area contributed by atoms with Gasteiger partial charge in [-0.05, 0) is 31.2 Å². The number of hydrogen-bond donors (Lipinski definition) is 0. The molecule has 2 amide bonds. The molecule has 0 saturated carbocycles. The van der Waals surface area contributed by atoms with Crippen LogP contribution in [0.3, 0.4) is 0 Å². The van der Waals surface area contributed by atoms with E-state index in [0.717, 1.165) is 0 Å². The van der Waals surface area contributed by atoms with E-state index in [4.69, 9.17) is 9.47 Å². The molecule has 0 spiro atoms. The summed E-state index contributed by atoms with van der Waals surface area (Å²) in [5.74, 6) is 0.953. The Morgan fingerprint density at radius 3 is 2.42 bits per heavy atom. The monoisotopic (exact) mass is 354 g/mol. The van der Waals surface area contributed by atoms with Gasteiger partial charge in [-0.1, -0.05) is 18.2 Å². The lowest BCUT2D eigenvalue weighted by molar-refractivity contribution is -0.124. The first-order chi connectivity index (χ1) is 12.6. The normalized spacial score (nSPS) is 17.2. The highest BCUT2D eigenvalue weighted by Crippen LogP contribution is 2.34. The molecule has 1 aliphatic heterocycles. The molecule has 3 rings (SSSR count). The number of amides is 2. The lowest BCUT2D eigenvalue weighted by atomic mass is 10.1. The fourth-order valence-corrected chi connectivity index (χ4v) is 3.14. The molecule has 2 aromatic carbocycles. The van der Waals surface area contributed by atoms with Crippen LogP contribution in [0.15, 0.2) is 48.5 Å². The highest BCUT2D eigenvalue weighted by molar-refractivity contribution is 6.04. The van der Waals surface area contributed by atoms with E-state index in [2.05, 4.69) is 0 Å². The third kappa shape index (κ3) is 3.22. The van der Waals surface area contributed by atoms with Crippen LogP contribution in [-0.4, -0.2) is 50.1 Å². The third-order valence-corrected chi connectivity index (χ3v) is 4.61. The van der Waals surface area contributed by atoms with Crippen molar-refractivity contribution in [2.75, 3.05) is 32.2 Å². The summed E-state index contributed by atoms with van der Waals surface area (Å²) in [5.41, 5.74) is 1.23. The molecule has 1 fully saturated rings. The van der Waals surface area contributed by atoms with Crippen molar-refractivity contribution in [1.29, 1.82) is 0 Å². The predicted molar refractivity (Wildman–Crippen MR) is 98.8 cm³/mol. The average Bonchev–Trinajstić information content (AvgIpc) is 2.69. The van der Waals surface area contributed by atoms with Crippen molar-refractivity contribution in [1.82, 2.24) is 4.90 Å². The standard InChI is InChI=1S/C20H22N2O4/c1-14-19(23)22(17-13-16(25-2)9-10-18(17)26-3)12-11-21(14)20(24)15-7-5-4-6-8-15/h4-10,13-14H,11-12H2,1-3H3/t14-/m1/s1. The molecule has 0 radical (unpaired) electrons.